The number of likely N-dealkylation sites (N-methyl/N-ethyl adjacent to an activating group) is 1. The number of aromatic nitrogens is 1. The van der Waals surface area contributed by atoms with Crippen LogP contribution in [0.3, 0.4) is 0 Å². The molecule has 3 rings (SSSR count). The minimum absolute atomic E-state index is 0.272. The average Bonchev–Trinajstić information content (AvgIpc) is 2.73. The highest BCUT2D eigenvalue weighted by Crippen LogP contribution is 2.19. The van der Waals surface area contributed by atoms with Crippen molar-refractivity contribution < 1.29 is 14.6 Å². The Hall–Kier alpha value is -2.89. The van der Waals surface area contributed by atoms with E-state index in [1.54, 1.807) is 6.20 Å². The van der Waals surface area contributed by atoms with Gasteiger partial charge in [-0.25, -0.2) is 0 Å². The van der Waals surface area contributed by atoms with E-state index in [2.05, 4.69) is 22.9 Å². The lowest BCUT2D eigenvalue weighted by Crippen LogP contribution is -2.32. The van der Waals surface area contributed by atoms with Crippen molar-refractivity contribution in [2.24, 2.45) is 0 Å². The van der Waals surface area contributed by atoms with Crippen LogP contribution in [-0.4, -0.2) is 41.3 Å². The highest BCUT2D eigenvalue weighted by atomic mass is 16.5. The number of rotatable bonds is 10. The largest absolute Gasteiger partial charge is 0.491 e. The number of aryl methyl sites for hydroxylation is 2. The summed E-state index contributed by atoms with van der Waals surface area (Å²) in [4.78, 5) is 6.34. The number of hydrogen-bond acceptors (Lipinski definition) is 5. The summed E-state index contributed by atoms with van der Waals surface area (Å²) < 4.78 is 11.6. The number of pyridine rings is 1. The van der Waals surface area contributed by atoms with Gasteiger partial charge in [0, 0.05) is 19.3 Å². The maximum absolute atomic E-state index is 10.3. The molecule has 0 saturated carbocycles. The molecule has 5 nitrogen and oxygen atoms in total. The number of aliphatic hydroxyl groups excluding tert-OH is 1. The second-order valence-electron chi connectivity index (χ2n) is 7.68. The molecule has 0 bridgehead atoms. The SMILES string of the molecule is Cc1ccc(OC[C@H](O)CN(C)Cc2ccc(OCc3ccccn3)cc2)c(C)c1. The molecule has 0 aliphatic rings. The van der Waals surface area contributed by atoms with Crippen molar-refractivity contribution in [2.75, 3.05) is 20.2 Å². The maximum atomic E-state index is 10.3. The molecule has 0 saturated heterocycles. The number of benzene rings is 2. The molecule has 2 aromatic carbocycles. The summed E-state index contributed by atoms with van der Waals surface area (Å²) in [7, 11) is 1.99. The van der Waals surface area contributed by atoms with Gasteiger partial charge in [-0.2, -0.15) is 0 Å². The highest BCUT2D eigenvalue weighted by molar-refractivity contribution is 5.35. The minimum atomic E-state index is -0.559. The van der Waals surface area contributed by atoms with E-state index in [-0.39, 0.29) is 6.61 Å². The van der Waals surface area contributed by atoms with Crippen molar-refractivity contribution in [2.45, 2.75) is 33.1 Å². The Balaban J connectivity index is 1.41. The Bertz CT molecular complexity index is 913. The van der Waals surface area contributed by atoms with Crippen LogP contribution >= 0.6 is 0 Å². The summed E-state index contributed by atoms with van der Waals surface area (Å²) in [5, 5.41) is 10.3. The van der Waals surface area contributed by atoms with Gasteiger partial charge in [-0.15, -0.1) is 0 Å². The Morgan fingerprint density at radius 3 is 2.50 bits per heavy atom. The van der Waals surface area contributed by atoms with Gasteiger partial charge in [0.25, 0.3) is 0 Å². The third-order valence-corrected chi connectivity index (χ3v) is 4.77. The van der Waals surface area contributed by atoms with E-state index in [1.165, 1.54) is 5.56 Å². The summed E-state index contributed by atoms with van der Waals surface area (Å²) >= 11 is 0. The van der Waals surface area contributed by atoms with Crippen LogP contribution in [0.1, 0.15) is 22.4 Å². The van der Waals surface area contributed by atoms with Gasteiger partial charge in [0.2, 0.25) is 0 Å². The molecule has 5 heteroatoms. The zero-order valence-corrected chi connectivity index (χ0v) is 17.9. The first-order chi connectivity index (χ1) is 14.5. The Morgan fingerprint density at radius 2 is 1.80 bits per heavy atom. The molecule has 0 fully saturated rings. The predicted octanol–water partition coefficient (Wildman–Crippen LogP) is 4.15. The molecule has 1 atom stereocenters. The summed E-state index contributed by atoms with van der Waals surface area (Å²) in [5.41, 5.74) is 4.35. The molecule has 158 valence electrons. The lowest BCUT2D eigenvalue weighted by atomic mass is 10.1. The predicted molar refractivity (Wildman–Crippen MR) is 119 cm³/mol. The first-order valence-electron chi connectivity index (χ1n) is 10.2. The van der Waals surface area contributed by atoms with E-state index in [9.17, 15) is 5.11 Å². The van der Waals surface area contributed by atoms with Crippen LogP contribution in [0.25, 0.3) is 0 Å². The van der Waals surface area contributed by atoms with Crippen molar-refractivity contribution >= 4 is 0 Å². The Kier molecular flexibility index (Phi) is 7.82. The standard InChI is InChI=1S/C25H30N2O3/c1-19-7-12-25(20(2)14-19)30-18-23(28)16-27(3)15-21-8-10-24(11-9-21)29-17-22-6-4-5-13-26-22/h4-14,23,28H,15-18H2,1-3H3/t23-/m1/s1. The van der Waals surface area contributed by atoms with Gasteiger partial charge in [0.1, 0.15) is 30.8 Å². The van der Waals surface area contributed by atoms with Crippen LogP contribution in [0.5, 0.6) is 11.5 Å². The zero-order chi connectivity index (χ0) is 21.3. The minimum Gasteiger partial charge on any atom is -0.491 e. The Labute approximate surface area is 178 Å². The molecular weight excluding hydrogens is 376 g/mol. The summed E-state index contributed by atoms with van der Waals surface area (Å²) in [6, 6.07) is 19.9. The fraction of sp³-hybridized carbons (Fsp3) is 0.320. The zero-order valence-electron chi connectivity index (χ0n) is 17.9. The summed E-state index contributed by atoms with van der Waals surface area (Å²) in [6.45, 7) is 6.07. The topological polar surface area (TPSA) is 54.8 Å². The van der Waals surface area contributed by atoms with Crippen LogP contribution in [0.4, 0.5) is 0 Å². The van der Waals surface area contributed by atoms with Gasteiger partial charge >= 0.3 is 0 Å². The van der Waals surface area contributed by atoms with Crippen LogP contribution in [0.2, 0.25) is 0 Å². The lowest BCUT2D eigenvalue weighted by molar-refractivity contribution is 0.0741. The molecule has 1 aromatic heterocycles. The molecule has 0 aliphatic heterocycles. The van der Waals surface area contributed by atoms with Gasteiger partial charge in [-0.1, -0.05) is 35.9 Å². The third kappa shape index (κ3) is 6.87. The smallest absolute Gasteiger partial charge is 0.130 e. The van der Waals surface area contributed by atoms with Crippen molar-refractivity contribution in [3.63, 3.8) is 0 Å². The molecule has 0 amide bonds. The molecule has 0 radical (unpaired) electrons. The molecule has 0 spiro atoms. The van der Waals surface area contributed by atoms with E-state index >= 15 is 0 Å². The maximum Gasteiger partial charge on any atom is 0.130 e. The van der Waals surface area contributed by atoms with Gasteiger partial charge in [-0.05, 0) is 62.4 Å². The van der Waals surface area contributed by atoms with Crippen molar-refractivity contribution in [3.05, 3.63) is 89.2 Å². The van der Waals surface area contributed by atoms with Crippen LogP contribution in [0, 0.1) is 13.8 Å². The van der Waals surface area contributed by atoms with Crippen molar-refractivity contribution in [1.29, 1.82) is 0 Å². The normalized spacial score (nSPS) is 12.0. The van der Waals surface area contributed by atoms with Gasteiger partial charge in [0.15, 0.2) is 0 Å². The van der Waals surface area contributed by atoms with Crippen molar-refractivity contribution in [3.8, 4) is 11.5 Å². The molecule has 30 heavy (non-hydrogen) atoms. The van der Waals surface area contributed by atoms with E-state index in [0.29, 0.717) is 13.2 Å². The second kappa shape index (κ2) is 10.8. The summed E-state index contributed by atoms with van der Waals surface area (Å²) in [6.07, 6.45) is 1.20. The summed E-state index contributed by atoms with van der Waals surface area (Å²) in [5.74, 6) is 1.64. The fourth-order valence-corrected chi connectivity index (χ4v) is 3.27. The number of aliphatic hydroxyl groups is 1. The number of hydrogen-bond donors (Lipinski definition) is 1. The molecule has 0 unspecified atom stereocenters. The van der Waals surface area contributed by atoms with Crippen LogP contribution in [-0.2, 0) is 13.2 Å². The Morgan fingerprint density at radius 1 is 1.00 bits per heavy atom. The average molecular weight is 407 g/mol. The quantitative estimate of drug-likeness (QED) is 0.548. The van der Waals surface area contributed by atoms with Crippen LogP contribution in [0.15, 0.2) is 66.9 Å². The van der Waals surface area contributed by atoms with Crippen LogP contribution < -0.4 is 9.47 Å². The first-order valence-corrected chi connectivity index (χ1v) is 10.2. The van der Waals surface area contributed by atoms with E-state index in [4.69, 9.17) is 9.47 Å². The molecule has 1 heterocycles. The number of ether oxygens (including phenoxy) is 2. The second-order valence-corrected chi connectivity index (χ2v) is 7.68. The van der Waals surface area contributed by atoms with Gasteiger partial charge in [0.05, 0.1) is 5.69 Å². The van der Waals surface area contributed by atoms with Gasteiger partial charge in [-0.3, -0.25) is 9.88 Å². The lowest BCUT2D eigenvalue weighted by Gasteiger charge is -2.21. The molecule has 3 aromatic rings. The number of nitrogens with zero attached hydrogens (tertiary/aromatic N) is 2. The van der Waals surface area contributed by atoms with E-state index in [1.807, 2.05) is 68.6 Å². The van der Waals surface area contributed by atoms with E-state index in [0.717, 1.165) is 34.9 Å². The molecular formula is C25H30N2O3. The van der Waals surface area contributed by atoms with Crippen molar-refractivity contribution in [1.82, 2.24) is 9.88 Å². The van der Waals surface area contributed by atoms with E-state index < -0.39 is 6.10 Å². The molecule has 1 N–H and O–H groups in total. The van der Waals surface area contributed by atoms with Gasteiger partial charge < -0.3 is 14.6 Å². The third-order valence-electron chi connectivity index (χ3n) is 4.77. The fourth-order valence-electron chi connectivity index (χ4n) is 3.27. The highest BCUT2D eigenvalue weighted by Gasteiger charge is 2.11. The first kappa shape index (κ1) is 21.8. The molecule has 0 aliphatic carbocycles. The monoisotopic (exact) mass is 406 g/mol.